The molecule has 0 unspecified atom stereocenters. The van der Waals surface area contributed by atoms with Crippen LogP contribution in [0.5, 0.6) is 11.5 Å². The van der Waals surface area contributed by atoms with Gasteiger partial charge in [-0.3, -0.25) is 14.4 Å². The lowest BCUT2D eigenvalue weighted by Crippen LogP contribution is -2.36. The van der Waals surface area contributed by atoms with E-state index in [4.69, 9.17) is 29.4 Å². The van der Waals surface area contributed by atoms with Crippen LogP contribution >= 0.6 is 0 Å². The Morgan fingerprint density at radius 1 is 0.971 bits per heavy atom. The van der Waals surface area contributed by atoms with Gasteiger partial charge in [-0.15, -0.1) is 0 Å². The first-order valence-corrected chi connectivity index (χ1v) is 11.3. The van der Waals surface area contributed by atoms with Crippen LogP contribution in [-0.4, -0.2) is 48.4 Å². The van der Waals surface area contributed by atoms with Crippen molar-refractivity contribution < 1.29 is 42.9 Å². The van der Waals surface area contributed by atoms with Crippen LogP contribution in [0.2, 0.25) is 0 Å². The summed E-state index contributed by atoms with van der Waals surface area (Å²) in [6, 6.07) is 3.53. The van der Waals surface area contributed by atoms with Gasteiger partial charge in [0.25, 0.3) is 0 Å². The van der Waals surface area contributed by atoms with Crippen LogP contribution in [0.3, 0.4) is 0 Å². The van der Waals surface area contributed by atoms with Gasteiger partial charge in [-0.2, -0.15) is 0 Å². The number of carbonyl (C=O) groups is 4. The van der Waals surface area contributed by atoms with E-state index in [1.807, 2.05) is 6.92 Å². The second-order valence-electron chi connectivity index (χ2n) is 8.27. The molecule has 2 N–H and O–H groups in total. The highest BCUT2D eigenvalue weighted by atomic mass is 16.7. The zero-order chi connectivity index (χ0) is 25.9. The van der Waals surface area contributed by atoms with Gasteiger partial charge < -0.3 is 29.4 Å². The van der Waals surface area contributed by atoms with Crippen molar-refractivity contribution in [1.29, 1.82) is 0 Å². The van der Waals surface area contributed by atoms with Gasteiger partial charge in [0.2, 0.25) is 0 Å². The van der Waals surface area contributed by atoms with E-state index in [0.717, 1.165) is 0 Å². The Morgan fingerprint density at radius 3 is 2.12 bits per heavy atom. The molecule has 10 heteroatoms. The molecule has 0 radical (unpaired) electrons. The topological polar surface area (TPSA) is 140 Å². The van der Waals surface area contributed by atoms with Crippen LogP contribution in [0.25, 0.3) is 0 Å². The van der Waals surface area contributed by atoms with Crippen LogP contribution in [-0.2, 0) is 35.0 Å². The highest BCUT2D eigenvalue weighted by Crippen LogP contribution is 2.30. The molecule has 0 heterocycles. The molecule has 1 aromatic carbocycles. The zero-order valence-electron chi connectivity index (χ0n) is 20.7. The molecule has 34 heavy (non-hydrogen) atoms. The van der Waals surface area contributed by atoms with Crippen molar-refractivity contribution in [3.63, 3.8) is 0 Å². The minimum Gasteiger partial charge on any atom is -0.461 e. The Bertz CT molecular complexity index is 866. The van der Waals surface area contributed by atoms with Gasteiger partial charge >= 0.3 is 24.1 Å². The number of ether oxygens (including phenoxy) is 5. The molecular formula is C24H35NO9. The van der Waals surface area contributed by atoms with E-state index in [0.29, 0.717) is 12.0 Å². The van der Waals surface area contributed by atoms with Crippen molar-refractivity contribution in [2.24, 2.45) is 5.73 Å². The van der Waals surface area contributed by atoms with Crippen molar-refractivity contribution >= 4 is 24.1 Å². The SMILES string of the molecule is CCC(=O)Oc1ccc(C[C@H](N)C(=O)OC[C@H](C)OC(=O)OC(C)(C)CC)cc1OC(=O)CC. The molecule has 0 fully saturated rings. The van der Waals surface area contributed by atoms with Crippen molar-refractivity contribution in [3.8, 4) is 11.5 Å². The second kappa shape index (κ2) is 13.5. The third-order valence-corrected chi connectivity index (χ3v) is 4.76. The summed E-state index contributed by atoms with van der Waals surface area (Å²) in [5, 5.41) is 0. The number of rotatable bonds is 12. The van der Waals surface area contributed by atoms with Gasteiger partial charge in [0.15, 0.2) is 11.5 Å². The van der Waals surface area contributed by atoms with E-state index in [1.165, 1.54) is 12.1 Å². The molecule has 0 aromatic heterocycles. The highest BCUT2D eigenvalue weighted by molar-refractivity contribution is 5.77. The van der Waals surface area contributed by atoms with Gasteiger partial charge in [-0.25, -0.2) is 4.79 Å². The number of nitrogens with two attached hydrogens (primary N) is 1. The largest absolute Gasteiger partial charge is 0.509 e. The monoisotopic (exact) mass is 481 g/mol. The lowest BCUT2D eigenvalue weighted by Gasteiger charge is -2.24. The molecule has 10 nitrogen and oxygen atoms in total. The summed E-state index contributed by atoms with van der Waals surface area (Å²) in [7, 11) is 0. The minimum absolute atomic E-state index is 0.0576. The minimum atomic E-state index is -1.03. The average Bonchev–Trinajstić information content (AvgIpc) is 2.78. The summed E-state index contributed by atoms with van der Waals surface area (Å²) in [5.41, 5.74) is 5.86. The second-order valence-corrected chi connectivity index (χ2v) is 8.27. The maximum atomic E-state index is 12.3. The first kappa shape index (κ1) is 28.9. The number of benzene rings is 1. The van der Waals surface area contributed by atoms with E-state index < -0.39 is 41.8 Å². The Kier molecular flexibility index (Phi) is 11.5. The number of esters is 3. The standard InChI is InChI=1S/C24H35NO9/c1-7-20(26)32-18-11-10-16(13-19(18)33-21(27)8-2)12-17(25)22(28)30-14-15(4)31-23(29)34-24(5,6)9-3/h10-11,13,15,17H,7-9,12,14,25H2,1-6H3/t15-,17-/m0/s1. The Hall–Kier alpha value is -3.14. The molecule has 1 rings (SSSR count). The molecule has 0 spiro atoms. The van der Waals surface area contributed by atoms with Gasteiger partial charge in [0.1, 0.15) is 24.4 Å². The molecule has 0 aliphatic heterocycles. The van der Waals surface area contributed by atoms with E-state index in [-0.39, 0.29) is 37.4 Å². The van der Waals surface area contributed by atoms with Crippen molar-refractivity contribution in [2.75, 3.05) is 6.61 Å². The summed E-state index contributed by atoms with van der Waals surface area (Å²) < 4.78 is 25.9. The fraction of sp³-hybridized carbons (Fsp3) is 0.583. The molecule has 0 saturated carbocycles. The molecule has 2 atom stereocenters. The molecule has 190 valence electrons. The smallest absolute Gasteiger partial charge is 0.461 e. The predicted octanol–water partition coefficient (Wildman–Crippen LogP) is 3.46. The van der Waals surface area contributed by atoms with E-state index in [1.54, 1.807) is 40.7 Å². The third-order valence-electron chi connectivity index (χ3n) is 4.76. The van der Waals surface area contributed by atoms with Gasteiger partial charge in [0.05, 0.1) is 0 Å². The maximum absolute atomic E-state index is 12.3. The fourth-order valence-corrected chi connectivity index (χ4v) is 2.40. The van der Waals surface area contributed by atoms with Gasteiger partial charge in [0, 0.05) is 12.8 Å². The van der Waals surface area contributed by atoms with Crippen molar-refractivity contribution in [2.45, 2.75) is 85.0 Å². The normalized spacial score (nSPS) is 12.8. The van der Waals surface area contributed by atoms with Crippen LogP contribution in [0, 0.1) is 0 Å². The first-order valence-electron chi connectivity index (χ1n) is 11.3. The van der Waals surface area contributed by atoms with Crippen LogP contribution in [0.4, 0.5) is 4.79 Å². The van der Waals surface area contributed by atoms with Crippen LogP contribution < -0.4 is 15.2 Å². The third kappa shape index (κ3) is 10.2. The van der Waals surface area contributed by atoms with E-state index in [2.05, 4.69) is 0 Å². The first-order chi connectivity index (χ1) is 15.9. The molecule has 0 aliphatic rings. The molecule has 0 bridgehead atoms. The summed E-state index contributed by atoms with van der Waals surface area (Å²) in [5.74, 6) is -1.55. The van der Waals surface area contributed by atoms with E-state index >= 15 is 0 Å². The van der Waals surface area contributed by atoms with Gasteiger partial charge in [-0.05, 0) is 51.3 Å². The van der Waals surface area contributed by atoms with Crippen molar-refractivity contribution in [3.05, 3.63) is 23.8 Å². The number of hydrogen-bond donors (Lipinski definition) is 1. The molecule has 0 aliphatic carbocycles. The van der Waals surface area contributed by atoms with Crippen LogP contribution in [0.15, 0.2) is 18.2 Å². The molecule has 0 amide bonds. The Labute approximate surface area is 200 Å². The number of carbonyl (C=O) groups excluding carboxylic acids is 4. The summed E-state index contributed by atoms with van der Waals surface area (Å²) in [6.07, 6.45) is -0.625. The average molecular weight is 482 g/mol. The maximum Gasteiger partial charge on any atom is 0.509 e. The summed E-state index contributed by atoms with van der Waals surface area (Å²) in [6.45, 7) is 10.0. The Morgan fingerprint density at radius 2 is 1.56 bits per heavy atom. The summed E-state index contributed by atoms with van der Waals surface area (Å²) in [4.78, 5) is 47.5. The van der Waals surface area contributed by atoms with E-state index in [9.17, 15) is 19.2 Å². The fourth-order valence-electron chi connectivity index (χ4n) is 2.40. The molecular weight excluding hydrogens is 446 g/mol. The Balaban J connectivity index is 2.71. The molecule has 0 saturated heterocycles. The quantitative estimate of drug-likeness (QED) is 0.348. The summed E-state index contributed by atoms with van der Waals surface area (Å²) >= 11 is 0. The lowest BCUT2D eigenvalue weighted by molar-refractivity contribution is -0.148. The zero-order valence-corrected chi connectivity index (χ0v) is 20.7. The predicted molar refractivity (Wildman–Crippen MR) is 122 cm³/mol. The molecule has 1 aromatic rings. The van der Waals surface area contributed by atoms with Gasteiger partial charge in [-0.1, -0.05) is 26.8 Å². The highest BCUT2D eigenvalue weighted by Gasteiger charge is 2.24. The number of hydrogen-bond acceptors (Lipinski definition) is 10. The van der Waals surface area contributed by atoms with Crippen molar-refractivity contribution in [1.82, 2.24) is 0 Å². The van der Waals surface area contributed by atoms with Crippen LogP contribution in [0.1, 0.15) is 66.4 Å². The lowest BCUT2D eigenvalue weighted by atomic mass is 10.1.